The lowest BCUT2D eigenvalue weighted by Gasteiger charge is -2.21. The van der Waals surface area contributed by atoms with Crippen LogP contribution in [0.25, 0.3) is 0 Å². The lowest BCUT2D eigenvalue weighted by molar-refractivity contribution is -0.126. The second-order valence-corrected chi connectivity index (χ2v) is 6.07. The Bertz CT molecular complexity index is 856. The minimum atomic E-state index is -1.22. The van der Waals surface area contributed by atoms with Gasteiger partial charge in [0, 0.05) is 12.2 Å². The molecular formula is C18H14ClF2NO3. The molecule has 0 bridgehead atoms. The average Bonchev–Trinajstić information content (AvgIpc) is 3.01. The van der Waals surface area contributed by atoms with Crippen molar-refractivity contribution in [3.8, 4) is 0 Å². The van der Waals surface area contributed by atoms with E-state index in [1.54, 1.807) is 4.90 Å². The minimum Gasteiger partial charge on any atom is -0.449 e. The quantitative estimate of drug-likeness (QED) is 0.614. The molecule has 0 aromatic heterocycles. The lowest BCUT2D eigenvalue weighted by atomic mass is 10.2. The first-order valence-corrected chi connectivity index (χ1v) is 8.01. The van der Waals surface area contributed by atoms with Crippen LogP contribution in [0, 0.1) is 11.6 Å². The van der Waals surface area contributed by atoms with Crippen LogP contribution < -0.4 is 4.90 Å². The van der Waals surface area contributed by atoms with Gasteiger partial charge in [0.2, 0.25) is 0 Å². The highest BCUT2D eigenvalue weighted by molar-refractivity contribution is 6.33. The Morgan fingerprint density at radius 2 is 1.88 bits per heavy atom. The van der Waals surface area contributed by atoms with E-state index in [4.69, 9.17) is 16.3 Å². The zero-order chi connectivity index (χ0) is 18.1. The van der Waals surface area contributed by atoms with Crippen LogP contribution in [0.3, 0.4) is 0 Å². The van der Waals surface area contributed by atoms with E-state index in [1.807, 2.05) is 24.3 Å². The van der Waals surface area contributed by atoms with E-state index in [2.05, 4.69) is 0 Å². The van der Waals surface area contributed by atoms with Crippen molar-refractivity contribution in [2.24, 2.45) is 0 Å². The van der Waals surface area contributed by atoms with Crippen molar-refractivity contribution >= 4 is 29.2 Å². The van der Waals surface area contributed by atoms with Crippen molar-refractivity contribution in [2.75, 3.05) is 11.4 Å². The number of fused-ring (bicyclic) bond motifs is 1. The number of nitrogens with zero attached hydrogens (tertiary/aromatic N) is 1. The van der Waals surface area contributed by atoms with Gasteiger partial charge in [0.15, 0.2) is 17.7 Å². The molecule has 1 atom stereocenters. The van der Waals surface area contributed by atoms with Crippen LogP contribution >= 0.6 is 11.6 Å². The zero-order valence-electron chi connectivity index (χ0n) is 13.3. The first-order valence-electron chi connectivity index (χ1n) is 7.63. The van der Waals surface area contributed by atoms with Crippen LogP contribution in [0.1, 0.15) is 22.8 Å². The first kappa shape index (κ1) is 17.4. The van der Waals surface area contributed by atoms with Gasteiger partial charge in [-0.1, -0.05) is 29.8 Å². The molecule has 0 spiro atoms. The van der Waals surface area contributed by atoms with Crippen molar-refractivity contribution in [1.82, 2.24) is 0 Å². The molecule has 7 heteroatoms. The summed E-state index contributed by atoms with van der Waals surface area (Å²) >= 11 is 5.75. The number of para-hydroxylation sites is 1. The van der Waals surface area contributed by atoms with Gasteiger partial charge in [-0.3, -0.25) is 4.79 Å². The summed E-state index contributed by atoms with van der Waals surface area (Å²) in [4.78, 5) is 26.2. The number of esters is 1. The third kappa shape index (κ3) is 3.35. The number of hydrogen-bond acceptors (Lipinski definition) is 3. The number of anilines is 1. The largest absolute Gasteiger partial charge is 0.449 e. The Morgan fingerprint density at radius 3 is 2.64 bits per heavy atom. The van der Waals surface area contributed by atoms with E-state index < -0.39 is 29.6 Å². The van der Waals surface area contributed by atoms with Crippen LogP contribution in [0.5, 0.6) is 0 Å². The van der Waals surface area contributed by atoms with E-state index in [1.165, 1.54) is 6.92 Å². The number of amides is 1. The van der Waals surface area contributed by atoms with Gasteiger partial charge in [0.05, 0.1) is 10.6 Å². The van der Waals surface area contributed by atoms with Gasteiger partial charge in [-0.25, -0.2) is 13.6 Å². The lowest BCUT2D eigenvalue weighted by Crippen LogP contribution is -2.39. The Kier molecular flexibility index (Phi) is 4.72. The fraction of sp³-hybridized carbons (Fsp3) is 0.222. The summed E-state index contributed by atoms with van der Waals surface area (Å²) in [7, 11) is 0. The zero-order valence-corrected chi connectivity index (χ0v) is 14.0. The standard InChI is InChI=1S/C18H14ClF2NO3/c1-10(17(23)22-7-6-11-4-2-3-5-16(11)22)25-18(24)12-8-14(20)15(21)9-13(12)19/h2-5,8-10H,6-7H2,1H3/t10-/m0/s1. The van der Waals surface area contributed by atoms with Gasteiger partial charge >= 0.3 is 5.97 Å². The maximum atomic E-state index is 13.3. The van der Waals surface area contributed by atoms with Crippen LogP contribution in [0.4, 0.5) is 14.5 Å². The van der Waals surface area contributed by atoms with Crippen LogP contribution in [0.15, 0.2) is 36.4 Å². The highest BCUT2D eigenvalue weighted by atomic mass is 35.5. The summed E-state index contributed by atoms with van der Waals surface area (Å²) in [6.07, 6.45) is -0.375. The van der Waals surface area contributed by atoms with Crippen molar-refractivity contribution in [3.05, 3.63) is 64.2 Å². The molecule has 4 nitrogen and oxygen atoms in total. The number of carbonyl (C=O) groups is 2. The molecule has 1 aliphatic heterocycles. The van der Waals surface area contributed by atoms with E-state index in [0.29, 0.717) is 18.7 Å². The first-order chi connectivity index (χ1) is 11.9. The number of ether oxygens (including phenoxy) is 1. The fourth-order valence-corrected chi connectivity index (χ4v) is 2.97. The topological polar surface area (TPSA) is 46.6 Å². The molecule has 2 aromatic carbocycles. The molecule has 2 aromatic rings. The molecule has 3 rings (SSSR count). The van der Waals surface area contributed by atoms with Crippen LogP contribution in [-0.4, -0.2) is 24.5 Å². The molecule has 0 fully saturated rings. The molecule has 0 N–H and O–H groups in total. The van der Waals surface area contributed by atoms with Crippen molar-refractivity contribution < 1.29 is 23.1 Å². The predicted molar refractivity (Wildman–Crippen MR) is 88.7 cm³/mol. The van der Waals surface area contributed by atoms with Gasteiger partial charge < -0.3 is 9.64 Å². The monoisotopic (exact) mass is 365 g/mol. The van der Waals surface area contributed by atoms with Gasteiger partial charge in [0.1, 0.15) is 0 Å². The normalized spacial score (nSPS) is 14.2. The summed E-state index contributed by atoms with van der Waals surface area (Å²) < 4.78 is 31.5. The molecule has 0 saturated carbocycles. The Hall–Kier alpha value is -2.47. The molecule has 1 amide bonds. The summed E-state index contributed by atoms with van der Waals surface area (Å²) in [5, 5.41) is -0.282. The van der Waals surface area contributed by atoms with E-state index >= 15 is 0 Å². The van der Waals surface area contributed by atoms with Crippen molar-refractivity contribution in [1.29, 1.82) is 0 Å². The van der Waals surface area contributed by atoms with Crippen molar-refractivity contribution in [2.45, 2.75) is 19.4 Å². The molecule has 25 heavy (non-hydrogen) atoms. The molecule has 1 aliphatic rings. The number of carbonyl (C=O) groups excluding carboxylic acids is 2. The highest BCUT2D eigenvalue weighted by Gasteiger charge is 2.30. The molecule has 0 radical (unpaired) electrons. The number of benzene rings is 2. The van der Waals surface area contributed by atoms with Crippen LogP contribution in [-0.2, 0) is 16.0 Å². The molecule has 1 heterocycles. The number of hydrogen-bond donors (Lipinski definition) is 0. The van der Waals surface area contributed by atoms with E-state index in [0.717, 1.165) is 17.7 Å². The highest BCUT2D eigenvalue weighted by Crippen LogP contribution is 2.28. The summed E-state index contributed by atoms with van der Waals surface area (Å²) in [6.45, 7) is 1.92. The summed E-state index contributed by atoms with van der Waals surface area (Å²) in [6, 6.07) is 8.81. The van der Waals surface area contributed by atoms with Crippen molar-refractivity contribution in [3.63, 3.8) is 0 Å². The molecule has 0 aliphatic carbocycles. The van der Waals surface area contributed by atoms with E-state index in [-0.39, 0.29) is 10.6 Å². The molecule has 0 saturated heterocycles. The maximum Gasteiger partial charge on any atom is 0.340 e. The van der Waals surface area contributed by atoms with Crippen LogP contribution in [0.2, 0.25) is 5.02 Å². The van der Waals surface area contributed by atoms with Gasteiger partial charge in [-0.15, -0.1) is 0 Å². The number of halogens is 3. The second kappa shape index (κ2) is 6.80. The van der Waals surface area contributed by atoms with Gasteiger partial charge in [-0.05, 0) is 37.1 Å². The Morgan fingerprint density at radius 1 is 1.20 bits per heavy atom. The molecule has 0 unspecified atom stereocenters. The summed E-state index contributed by atoms with van der Waals surface area (Å²) in [5.74, 6) is -3.77. The maximum absolute atomic E-state index is 13.3. The SMILES string of the molecule is C[C@H](OC(=O)c1cc(F)c(F)cc1Cl)C(=O)N1CCc2ccccc21. The predicted octanol–water partition coefficient (Wildman–Crippen LogP) is 3.75. The minimum absolute atomic E-state index is 0.282. The molecular weight excluding hydrogens is 352 g/mol. The van der Waals surface area contributed by atoms with E-state index in [9.17, 15) is 18.4 Å². The fourth-order valence-electron chi connectivity index (χ4n) is 2.74. The smallest absolute Gasteiger partial charge is 0.340 e. The Balaban J connectivity index is 1.74. The van der Waals surface area contributed by atoms with Gasteiger partial charge in [0.25, 0.3) is 5.91 Å². The van der Waals surface area contributed by atoms with Gasteiger partial charge in [-0.2, -0.15) is 0 Å². The Labute approximate surface area is 148 Å². The second-order valence-electron chi connectivity index (χ2n) is 5.66. The summed E-state index contributed by atoms with van der Waals surface area (Å²) in [5.41, 5.74) is 1.49. The molecule has 130 valence electrons. The average molecular weight is 366 g/mol. The number of rotatable bonds is 3. The third-order valence-electron chi connectivity index (χ3n) is 4.01. The third-order valence-corrected chi connectivity index (χ3v) is 4.33.